The fraction of sp³-hybridized carbons (Fsp3) is 0.391. The van der Waals surface area contributed by atoms with Gasteiger partial charge in [0.05, 0.1) is 0 Å². The lowest BCUT2D eigenvalue weighted by Crippen LogP contribution is -2.51. The van der Waals surface area contributed by atoms with Gasteiger partial charge in [0.2, 0.25) is 11.8 Å². The van der Waals surface area contributed by atoms with Crippen LogP contribution in [0.4, 0.5) is 5.69 Å². The molecular weight excluding hydrogens is 350 g/mol. The maximum Gasteiger partial charge on any atom is 0.239 e. The minimum absolute atomic E-state index is 0.000412. The van der Waals surface area contributed by atoms with Gasteiger partial charge in [-0.05, 0) is 30.5 Å². The average Bonchev–Trinajstić information content (AvgIpc) is 3.10. The Bertz CT molecular complexity index is 844. The van der Waals surface area contributed by atoms with Crippen LogP contribution >= 0.6 is 0 Å². The summed E-state index contributed by atoms with van der Waals surface area (Å²) in [6, 6.07) is 18.3. The summed E-state index contributed by atoms with van der Waals surface area (Å²) >= 11 is 0. The predicted octanol–water partition coefficient (Wildman–Crippen LogP) is 2.69. The van der Waals surface area contributed by atoms with E-state index in [1.807, 2.05) is 42.2 Å². The molecule has 0 radical (unpaired) electrons. The summed E-state index contributed by atoms with van der Waals surface area (Å²) < 4.78 is 0. The number of nitrogens with zero attached hydrogens (tertiary/aromatic N) is 3. The molecule has 0 N–H and O–H groups in total. The Labute approximate surface area is 166 Å². The lowest BCUT2D eigenvalue weighted by Gasteiger charge is -2.35. The highest BCUT2D eigenvalue weighted by molar-refractivity contribution is 6.09. The van der Waals surface area contributed by atoms with E-state index in [4.69, 9.17) is 0 Å². The Morgan fingerprint density at radius 3 is 2.32 bits per heavy atom. The molecule has 1 atom stereocenters. The first-order chi connectivity index (χ1) is 13.6. The smallest absolute Gasteiger partial charge is 0.239 e. The molecule has 0 spiro atoms. The molecule has 2 aliphatic heterocycles. The summed E-state index contributed by atoms with van der Waals surface area (Å²) in [4.78, 5) is 31.9. The van der Waals surface area contributed by atoms with E-state index < -0.39 is 5.92 Å². The van der Waals surface area contributed by atoms with Crippen LogP contribution in [0.2, 0.25) is 0 Å². The van der Waals surface area contributed by atoms with E-state index in [1.54, 1.807) is 4.90 Å². The molecular formula is C23H27N3O2. The van der Waals surface area contributed by atoms with Crippen LogP contribution in [-0.2, 0) is 16.1 Å². The molecule has 2 saturated heterocycles. The van der Waals surface area contributed by atoms with Gasteiger partial charge in [-0.1, -0.05) is 48.5 Å². The number of amides is 2. The summed E-state index contributed by atoms with van der Waals surface area (Å²) in [7, 11) is 0. The van der Waals surface area contributed by atoms with Gasteiger partial charge in [-0.15, -0.1) is 0 Å². The molecule has 2 aromatic carbocycles. The third kappa shape index (κ3) is 3.80. The lowest BCUT2D eigenvalue weighted by molar-refractivity contribution is -0.141. The van der Waals surface area contributed by atoms with Crippen molar-refractivity contribution in [2.24, 2.45) is 5.92 Å². The molecule has 2 heterocycles. The number of aryl methyl sites for hydroxylation is 1. The van der Waals surface area contributed by atoms with Crippen molar-refractivity contribution in [1.82, 2.24) is 9.80 Å². The van der Waals surface area contributed by atoms with Crippen molar-refractivity contribution in [3.05, 3.63) is 65.7 Å². The first-order valence-electron chi connectivity index (χ1n) is 10.1. The van der Waals surface area contributed by atoms with Crippen molar-refractivity contribution in [1.29, 1.82) is 0 Å². The van der Waals surface area contributed by atoms with Crippen LogP contribution < -0.4 is 4.90 Å². The molecule has 0 aromatic heterocycles. The second-order valence-corrected chi connectivity index (χ2v) is 7.70. The Morgan fingerprint density at radius 1 is 0.929 bits per heavy atom. The van der Waals surface area contributed by atoms with Gasteiger partial charge in [0.1, 0.15) is 5.92 Å². The fourth-order valence-electron chi connectivity index (χ4n) is 4.20. The van der Waals surface area contributed by atoms with Crippen LogP contribution in [0.1, 0.15) is 17.5 Å². The van der Waals surface area contributed by atoms with Gasteiger partial charge >= 0.3 is 0 Å². The third-order valence-electron chi connectivity index (χ3n) is 5.84. The number of rotatable bonds is 4. The average molecular weight is 377 g/mol. The molecule has 4 rings (SSSR count). The second kappa shape index (κ2) is 8.15. The van der Waals surface area contributed by atoms with Crippen molar-refractivity contribution in [3.63, 3.8) is 0 Å². The van der Waals surface area contributed by atoms with E-state index >= 15 is 0 Å². The van der Waals surface area contributed by atoms with Gasteiger partial charge in [0, 0.05) is 45.0 Å². The highest BCUT2D eigenvalue weighted by Crippen LogP contribution is 2.29. The predicted molar refractivity (Wildman–Crippen MR) is 110 cm³/mol. The topological polar surface area (TPSA) is 43.9 Å². The van der Waals surface area contributed by atoms with E-state index in [9.17, 15) is 9.59 Å². The number of carbonyl (C=O) groups excluding carboxylic acids is 2. The Kier molecular flexibility index (Phi) is 5.44. The van der Waals surface area contributed by atoms with Crippen molar-refractivity contribution >= 4 is 17.5 Å². The molecule has 2 aromatic rings. The van der Waals surface area contributed by atoms with Crippen molar-refractivity contribution in [2.45, 2.75) is 19.9 Å². The molecule has 0 unspecified atom stereocenters. The van der Waals surface area contributed by atoms with E-state index in [0.717, 1.165) is 30.9 Å². The molecule has 2 amide bonds. The number of benzene rings is 2. The molecule has 0 saturated carbocycles. The van der Waals surface area contributed by atoms with E-state index in [-0.39, 0.29) is 11.8 Å². The Morgan fingerprint density at radius 2 is 1.61 bits per heavy atom. The molecule has 146 valence electrons. The molecule has 0 bridgehead atoms. The maximum atomic E-state index is 13.0. The van der Waals surface area contributed by atoms with E-state index in [1.165, 1.54) is 5.56 Å². The molecule has 5 heteroatoms. The zero-order valence-electron chi connectivity index (χ0n) is 16.4. The van der Waals surface area contributed by atoms with Gasteiger partial charge in [-0.3, -0.25) is 14.5 Å². The highest BCUT2D eigenvalue weighted by Gasteiger charge is 2.40. The summed E-state index contributed by atoms with van der Waals surface area (Å²) in [5.74, 6) is -0.577. The SMILES string of the molecule is Cc1ccccc1N1CC[C@@H](C(=O)N2CCN(Cc3ccccc3)CC2)C1=O. The summed E-state index contributed by atoms with van der Waals surface area (Å²) in [6.07, 6.45) is 0.607. The van der Waals surface area contributed by atoms with E-state index in [2.05, 4.69) is 29.2 Å². The van der Waals surface area contributed by atoms with Crippen LogP contribution in [0.15, 0.2) is 54.6 Å². The largest absolute Gasteiger partial charge is 0.339 e. The first kappa shape index (κ1) is 18.7. The van der Waals surface area contributed by atoms with Crippen LogP contribution in [0.25, 0.3) is 0 Å². The number of carbonyl (C=O) groups is 2. The Hall–Kier alpha value is -2.66. The third-order valence-corrected chi connectivity index (χ3v) is 5.84. The van der Waals surface area contributed by atoms with Gasteiger partial charge in [-0.2, -0.15) is 0 Å². The van der Waals surface area contributed by atoms with Gasteiger partial charge in [0.15, 0.2) is 0 Å². The summed E-state index contributed by atoms with van der Waals surface area (Å²) in [5.41, 5.74) is 3.29. The molecule has 2 aliphatic rings. The van der Waals surface area contributed by atoms with Crippen molar-refractivity contribution < 1.29 is 9.59 Å². The number of hydrogen-bond acceptors (Lipinski definition) is 3. The monoisotopic (exact) mass is 377 g/mol. The zero-order chi connectivity index (χ0) is 19.5. The van der Waals surface area contributed by atoms with Crippen LogP contribution in [0.3, 0.4) is 0 Å². The van der Waals surface area contributed by atoms with Gasteiger partial charge in [-0.25, -0.2) is 0 Å². The number of piperazine rings is 1. The molecule has 5 nitrogen and oxygen atoms in total. The van der Waals surface area contributed by atoms with Gasteiger partial charge in [0.25, 0.3) is 0 Å². The normalized spacial score (nSPS) is 20.6. The maximum absolute atomic E-state index is 13.0. The number of hydrogen-bond donors (Lipinski definition) is 0. The molecule has 2 fully saturated rings. The second-order valence-electron chi connectivity index (χ2n) is 7.70. The number of anilines is 1. The van der Waals surface area contributed by atoms with Crippen LogP contribution in [-0.4, -0.2) is 54.3 Å². The van der Waals surface area contributed by atoms with Gasteiger partial charge < -0.3 is 9.80 Å². The van der Waals surface area contributed by atoms with Crippen LogP contribution in [0, 0.1) is 12.8 Å². The molecule has 0 aliphatic carbocycles. The van der Waals surface area contributed by atoms with Crippen molar-refractivity contribution in [3.8, 4) is 0 Å². The zero-order valence-corrected chi connectivity index (χ0v) is 16.4. The molecule has 28 heavy (non-hydrogen) atoms. The highest BCUT2D eigenvalue weighted by atomic mass is 16.2. The standard InChI is InChI=1S/C23H27N3O2/c1-18-7-5-6-10-21(18)26-12-11-20(23(26)28)22(27)25-15-13-24(14-16-25)17-19-8-3-2-4-9-19/h2-10,20H,11-17H2,1H3/t20-/m0/s1. The minimum atomic E-state index is -0.528. The lowest BCUT2D eigenvalue weighted by atomic mass is 10.1. The summed E-state index contributed by atoms with van der Waals surface area (Å²) in [6.45, 7) is 6.62. The quantitative estimate of drug-likeness (QED) is 0.770. The summed E-state index contributed by atoms with van der Waals surface area (Å²) in [5, 5.41) is 0. The number of para-hydroxylation sites is 1. The van der Waals surface area contributed by atoms with Crippen LogP contribution in [0.5, 0.6) is 0 Å². The van der Waals surface area contributed by atoms with E-state index in [0.29, 0.717) is 26.1 Å². The Balaban J connectivity index is 1.34. The first-order valence-corrected chi connectivity index (χ1v) is 10.1. The van der Waals surface area contributed by atoms with Crippen molar-refractivity contribution in [2.75, 3.05) is 37.6 Å². The fourth-order valence-corrected chi connectivity index (χ4v) is 4.20. The minimum Gasteiger partial charge on any atom is -0.339 e.